The quantitative estimate of drug-likeness (QED) is 0.770. The second-order valence-corrected chi connectivity index (χ2v) is 6.71. The highest BCUT2D eigenvalue weighted by Crippen LogP contribution is 2.29. The van der Waals surface area contributed by atoms with Gasteiger partial charge in [-0.25, -0.2) is 4.79 Å². The first kappa shape index (κ1) is 17.1. The monoisotopic (exact) mass is 332 g/mol. The Bertz CT molecular complexity index is 556. The van der Waals surface area contributed by atoms with Crippen LogP contribution in [0.2, 0.25) is 0 Å². The summed E-state index contributed by atoms with van der Waals surface area (Å²) in [7, 11) is 1.67. The van der Waals surface area contributed by atoms with E-state index in [4.69, 9.17) is 9.47 Å². The summed E-state index contributed by atoms with van der Waals surface area (Å²) in [5, 5.41) is 0. The number of carbonyl (C=O) groups is 1. The molecular weight excluding hydrogens is 304 g/mol. The molecular formula is C19H28N2O3. The molecule has 2 atom stereocenters. The Labute approximate surface area is 144 Å². The lowest BCUT2D eigenvalue weighted by Crippen LogP contribution is -2.41. The molecule has 5 heteroatoms. The average Bonchev–Trinajstić information content (AvgIpc) is 3.12. The van der Waals surface area contributed by atoms with Gasteiger partial charge in [0, 0.05) is 25.7 Å². The molecule has 2 saturated heterocycles. The minimum absolute atomic E-state index is 0.0361. The second-order valence-electron chi connectivity index (χ2n) is 6.71. The van der Waals surface area contributed by atoms with E-state index in [0.717, 1.165) is 38.1 Å². The summed E-state index contributed by atoms with van der Waals surface area (Å²) in [5.41, 5.74) is 1.21. The van der Waals surface area contributed by atoms with Gasteiger partial charge in [0.05, 0.1) is 13.2 Å². The van der Waals surface area contributed by atoms with Crippen molar-refractivity contribution >= 4 is 6.09 Å². The normalized spacial score (nSPS) is 23.7. The van der Waals surface area contributed by atoms with Gasteiger partial charge in [-0.1, -0.05) is 26.0 Å². The zero-order valence-electron chi connectivity index (χ0n) is 14.9. The number of benzene rings is 1. The molecule has 0 unspecified atom stereocenters. The van der Waals surface area contributed by atoms with Crippen LogP contribution < -0.4 is 4.74 Å². The van der Waals surface area contributed by atoms with Gasteiger partial charge < -0.3 is 9.47 Å². The maximum atomic E-state index is 12.2. The molecule has 0 saturated carbocycles. The van der Waals surface area contributed by atoms with Crippen LogP contribution in [0.15, 0.2) is 24.3 Å². The van der Waals surface area contributed by atoms with E-state index in [1.165, 1.54) is 5.56 Å². The highest BCUT2D eigenvalue weighted by Gasteiger charge is 2.48. The van der Waals surface area contributed by atoms with Crippen LogP contribution in [0.5, 0.6) is 5.75 Å². The van der Waals surface area contributed by atoms with Crippen LogP contribution in [0.1, 0.15) is 32.3 Å². The first-order valence-electron chi connectivity index (χ1n) is 9.00. The van der Waals surface area contributed by atoms with E-state index in [2.05, 4.69) is 30.9 Å². The van der Waals surface area contributed by atoms with Gasteiger partial charge in [-0.15, -0.1) is 0 Å². The van der Waals surface area contributed by atoms with Crippen LogP contribution in [-0.4, -0.2) is 60.8 Å². The minimum atomic E-state index is -0.150. The van der Waals surface area contributed by atoms with E-state index in [1.807, 2.05) is 17.0 Å². The van der Waals surface area contributed by atoms with Crippen molar-refractivity contribution in [3.8, 4) is 5.75 Å². The Balaban J connectivity index is 1.59. The van der Waals surface area contributed by atoms with Crippen molar-refractivity contribution in [3.05, 3.63) is 29.8 Å². The number of carbonyl (C=O) groups excluding carboxylic acids is 1. The highest BCUT2D eigenvalue weighted by molar-refractivity contribution is 5.71. The van der Waals surface area contributed by atoms with E-state index >= 15 is 0 Å². The molecule has 1 amide bonds. The second kappa shape index (κ2) is 7.43. The molecule has 2 heterocycles. The molecule has 132 valence electrons. The minimum Gasteiger partial charge on any atom is -0.497 e. The van der Waals surface area contributed by atoms with Gasteiger partial charge in [0.2, 0.25) is 0 Å². The van der Waals surface area contributed by atoms with Crippen molar-refractivity contribution in [2.24, 2.45) is 0 Å². The number of nitrogens with zero attached hydrogens (tertiary/aromatic N) is 2. The molecule has 0 spiro atoms. The maximum absolute atomic E-state index is 12.2. The Morgan fingerprint density at radius 3 is 2.54 bits per heavy atom. The highest BCUT2D eigenvalue weighted by atomic mass is 16.6. The largest absolute Gasteiger partial charge is 0.497 e. The number of rotatable bonds is 7. The first-order valence-corrected chi connectivity index (χ1v) is 9.00. The van der Waals surface area contributed by atoms with Crippen LogP contribution in [0, 0.1) is 0 Å². The molecule has 24 heavy (non-hydrogen) atoms. The molecule has 0 radical (unpaired) electrons. The number of likely N-dealkylation sites (tertiary alicyclic amines) is 1. The van der Waals surface area contributed by atoms with E-state index in [-0.39, 0.29) is 18.2 Å². The standard InChI is InChI=1S/C19H28N2O3/c1-4-15(5-2)20-12-17-18(13-20)24-19(22)21(17)11-10-14-6-8-16(23-3)9-7-14/h6-9,15,17-18H,4-5,10-13H2,1-3H3/t17-,18+/m0/s1. The summed E-state index contributed by atoms with van der Waals surface area (Å²) in [5.74, 6) is 0.857. The molecule has 2 fully saturated rings. The third-order valence-corrected chi connectivity index (χ3v) is 5.41. The summed E-state index contributed by atoms with van der Waals surface area (Å²) in [6.45, 7) is 6.99. The predicted octanol–water partition coefficient (Wildman–Crippen LogP) is 2.93. The fourth-order valence-corrected chi connectivity index (χ4v) is 3.93. The van der Waals surface area contributed by atoms with Crippen LogP contribution in [0.3, 0.4) is 0 Å². The zero-order valence-corrected chi connectivity index (χ0v) is 14.9. The molecule has 0 aliphatic carbocycles. The van der Waals surface area contributed by atoms with Gasteiger partial charge in [-0.3, -0.25) is 9.80 Å². The van der Waals surface area contributed by atoms with Crippen molar-refractivity contribution in [1.29, 1.82) is 0 Å². The van der Waals surface area contributed by atoms with E-state index in [9.17, 15) is 4.79 Å². The van der Waals surface area contributed by atoms with Gasteiger partial charge in [-0.05, 0) is 37.0 Å². The molecule has 0 N–H and O–H groups in total. The molecule has 2 aliphatic rings. The van der Waals surface area contributed by atoms with Crippen molar-refractivity contribution in [2.75, 3.05) is 26.7 Å². The summed E-state index contributed by atoms with van der Waals surface area (Å²) >= 11 is 0. The number of methoxy groups -OCH3 is 1. The van der Waals surface area contributed by atoms with Crippen LogP contribution in [0.25, 0.3) is 0 Å². The van der Waals surface area contributed by atoms with Crippen LogP contribution >= 0.6 is 0 Å². The average molecular weight is 332 g/mol. The summed E-state index contributed by atoms with van der Waals surface area (Å²) in [6, 6.07) is 8.84. The lowest BCUT2D eigenvalue weighted by molar-refractivity contribution is 0.110. The van der Waals surface area contributed by atoms with Gasteiger partial charge >= 0.3 is 6.09 Å². The fraction of sp³-hybridized carbons (Fsp3) is 0.632. The van der Waals surface area contributed by atoms with Gasteiger partial charge in [0.25, 0.3) is 0 Å². The first-order chi connectivity index (χ1) is 11.7. The van der Waals surface area contributed by atoms with Crippen molar-refractivity contribution < 1.29 is 14.3 Å². The molecule has 3 rings (SSSR count). The molecule has 1 aromatic rings. The lowest BCUT2D eigenvalue weighted by Gasteiger charge is -2.27. The Morgan fingerprint density at radius 2 is 1.92 bits per heavy atom. The van der Waals surface area contributed by atoms with Crippen molar-refractivity contribution in [3.63, 3.8) is 0 Å². The number of amides is 1. The van der Waals surface area contributed by atoms with Crippen LogP contribution in [0.4, 0.5) is 4.79 Å². The molecule has 2 aliphatic heterocycles. The zero-order chi connectivity index (χ0) is 17.1. The van der Waals surface area contributed by atoms with Crippen molar-refractivity contribution in [1.82, 2.24) is 9.80 Å². The fourth-order valence-electron chi connectivity index (χ4n) is 3.93. The third kappa shape index (κ3) is 3.36. The van der Waals surface area contributed by atoms with E-state index in [0.29, 0.717) is 12.6 Å². The van der Waals surface area contributed by atoms with Gasteiger partial charge in [0.1, 0.15) is 11.9 Å². The third-order valence-electron chi connectivity index (χ3n) is 5.41. The number of fused-ring (bicyclic) bond motifs is 1. The predicted molar refractivity (Wildman–Crippen MR) is 93.4 cm³/mol. The van der Waals surface area contributed by atoms with Gasteiger partial charge in [-0.2, -0.15) is 0 Å². The molecule has 0 aromatic heterocycles. The molecule has 5 nitrogen and oxygen atoms in total. The Hall–Kier alpha value is -1.75. The molecule has 1 aromatic carbocycles. The van der Waals surface area contributed by atoms with E-state index in [1.54, 1.807) is 7.11 Å². The SMILES string of the molecule is CCC(CC)N1C[C@H]2OC(=O)N(CCc3ccc(OC)cc3)[C@H]2C1. The van der Waals surface area contributed by atoms with Gasteiger partial charge in [0.15, 0.2) is 0 Å². The number of hydrogen-bond acceptors (Lipinski definition) is 4. The number of ether oxygens (including phenoxy) is 2. The topological polar surface area (TPSA) is 42.0 Å². The van der Waals surface area contributed by atoms with Crippen LogP contribution in [-0.2, 0) is 11.2 Å². The van der Waals surface area contributed by atoms with E-state index < -0.39 is 0 Å². The maximum Gasteiger partial charge on any atom is 0.410 e. The Kier molecular flexibility index (Phi) is 5.29. The van der Waals surface area contributed by atoms with Crippen molar-refractivity contribution in [2.45, 2.75) is 51.3 Å². The molecule has 0 bridgehead atoms. The Morgan fingerprint density at radius 1 is 1.21 bits per heavy atom. The summed E-state index contributed by atoms with van der Waals surface area (Å²) < 4.78 is 10.8. The lowest BCUT2D eigenvalue weighted by atomic mass is 10.1. The number of hydrogen-bond donors (Lipinski definition) is 0. The summed E-state index contributed by atoms with van der Waals surface area (Å²) in [4.78, 5) is 16.6. The summed E-state index contributed by atoms with van der Waals surface area (Å²) in [6.07, 6.45) is 3.02. The smallest absolute Gasteiger partial charge is 0.410 e.